The molecule has 1 N–H and O–H groups in total. The Balaban J connectivity index is 1.49. The number of anilines is 1. The molecule has 1 fully saturated rings. The number of nitrogens with one attached hydrogen (secondary N) is 1. The fraction of sp³-hybridized carbons (Fsp3) is 0.333. The van der Waals surface area contributed by atoms with Crippen molar-refractivity contribution in [1.82, 2.24) is 19.9 Å². The molecule has 0 radical (unpaired) electrons. The van der Waals surface area contributed by atoms with E-state index >= 15 is 0 Å². The van der Waals surface area contributed by atoms with Crippen molar-refractivity contribution in [1.29, 1.82) is 0 Å². The molecular weight excluding hydrogens is 338 g/mol. The minimum absolute atomic E-state index is 0.645. The summed E-state index contributed by atoms with van der Waals surface area (Å²) < 4.78 is 5.77. The van der Waals surface area contributed by atoms with Gasteiger partial charge in [-0.25, -0.2) is 15.0 Å². The van der Waals surface area contributed by atoms with Gasteiger partial charge in [0.1, 0.15) is 5.82 Å². The van der Waals surface area contributed by atoms with E-state index < -0.39 is 0 Å². The van der Waals surface area contributed by atoms with Crippen molar-refractivity contribution in [3.05, 3.63) is 59.7 Å². The topological polar surface area (TPSA) is 72.8 Å². The van der Waals surface area contributed by atoms with Gasteiger partial charge in [-0.05, 0) is 56.4 Å². The highest BCUT2D eigenvalue weighted by molar-refractivity contribution is 5.58. The highest BCUT2D eigenvalue weighted by Crippen LogP contribution is 2.29. The molecule has 0 spiro atoms. The Hall–Kier alpha value is -3.02. The zero-order valence-corrected chi connectivity index (χ0v) is 15.6. The zero-order chi connectivity index (χ0) is 18.6. The van der Waals surface area contributed by atoms with Gasteiger partial charge in [0.05, 0.1) is 6.61 Å². The fourth-order valence-electron chi connectivity index (χ4n) is 2.74. The normalized spacial score (nSPS) is 13.4. The van der Waals surface area contributed by atoms with Gasteiger partial charge in [0.2, 0.25) is 5.88 Å². The smallest absolute Gasteiger partial charge is 0.213 e. The number of aromatic nitrogens is 4. The van der Waals surface area contributed by atoms with Crippen molar-refractivity contribution in [3.63, 3.8) is 0 Å². The Morgan fingerprint density at radius 2 is 2.04 bits per heavy atom. The average molecular weight is 361 g/mol. The molecule has 6 heteroatoms. The lowest BCUT2D eigenvalue weighted by Gasteiger charge is -2.13. The van der Waals surface area contributed by atoms with Crippen LogP contribution in [0.5, 0.6) is 5.88 Å². The molecule has 0 atom stereocenters. The summed E-state index contributed by atoms with van der Waals surface area (Å²) in [5, 5.41) is 3.43. The van der Waals surface area contributed by atoms with Crippen LogP contribution in [-0.2, 0) is 6.54 Å². The van der Waals surface area contributed by atoms with Crippen molar-refractivity contribution in [2.75, 3.05) is 11.9 Å². The van der Waals surface area contributed by atoms with Gasteiger partial charge in [-0.1, -0.05) is 0 Å². The Labute approximate surface area is 159 Å². The summed E-state index contributed by atoms with van der Waals surface area (Å²) in [6.45, 7) is 5.44. The van der Waals surface area contributed by atoms with Crippen LogP contribution in [0, 0.1) is 19.8 Å². The minimum atomic E-state index is 0.645. The van der Waals surface area contributed by atoms with E-state index in [1.807, 2.05) is 38.1 Å². The monoisotopic (exact) mass is 361 g/mol. The van der Waals surface area contributed by atoms with Gasteiger partial charge in [-0.3, -0.25) is 4.98 Å². The molecule has 1 aliphatic rings. The van der Waals surface area contributed by atoms with Crippen LogP contribution in [0.3, 0.4) is 0 Å². The molecule has 0 aliphatic heterocycles. The Bertz CT molecular complexity index is 925. The molecular formula is C21H23N5O. The first kappa shape index (κ1) is 17.4. The maximum absolute atomic E-state index is 5.77. The second-order valence-corrected chi connectivity index (χ2v) is 6.96. The zero-order valence-electron chi connectivity index (χ0n) is 15.6. The number of hydrogen-bond acceptors (Lipinski definition) is 6. The number of aryl methyl sites for hydroxylation is 1. The average Bonchev–Trinajstić information content (AvgIpc) is 3.53. The Kier molecular flexibility index (Phi) is 4.96. The van der Waals surface area contributed by atoms with Crippen LogP contribution in [0.1, 0.15) is 29.7 Å². The molecule has 4 rings (SSSR count). The lowest BCUT2D eigenvalue weighted by atomic mass is 10.2. The fourth-order valence-corrected chi connectivity index (χ4v) is 2.74. The quantitative estimate of drug-likeness (QED) is 0.687. The summed E-state index contributed by atoms with van der Waals surface area (Å²) in [6, 6.07) is 7.83. The summed E-state index contributed by atoms with van der Waals surface area (Å²) in [4.78, 5) is 17.8. The van der Waals surface area contributed by atoms with Crippen LogP contribution in [-0.4, -0.2) is 26.5 Å². The van der Waals surface area contributed by atoms with Crippen LogP contribution >= 0.6 is 0 Å². The second-order valence-electron chi connectivity index (χ2n) is 6.96. The van der Waals surface area contributed by atoms with Crippen LogP contribution in [0.25, 0.3) is 11.4 Å². The van der Waals surface area contributed by atoms with Crippen LogP contribution in [0.15, 0.2) is 42.9 Å². The first-order valence-electron chi connectivity index (χ1n) is 9.26. The summed E-state index contributed by atoms with van der Waals surface area (Å²) in [5.41, 5.74) is 4.01. The predicted molar refractivity (Wildman–Crippen MR) is 105 cm³/mol. The van der Waals surface area contributed by atoms with Crippen molar-refractivity contribution in [2.24, 2.45) is 5.92 Å². The van der Waals surface area contributed by atoms with Crippen molar-refractivity contribution in [2.45, 2.75) is 33.2 Å². The second kappa shape index (κ2) is 7.70. The van der Waals surface area contributed by atoms with Gasteiger partial charge in [-0.15, -0.1) is 0 Å². The van der Waals surface area contributed by atoms with E-state index in [4.69, 9.17) is 9.72 Å². The van der Waals surface area contributed by atoms with E-state index in [0.29, 0.717) is 24.2 Å². The highest BCUT2D eigenvalue weighted by Gasteiger charge is 2.22. The molecule has 0 unspecified atom stereocenters. The number of hydrogen-bond donors (Lipinski definition) is 1. The standard InChI is InChI=1S/C21H23N5O/c1-14-15(2)25-21(18-4-3-8-22-12-18)26-20(14)24-11-17-7-9-23-19(10-17)27-13-16-5-6-16/h3-4,7-10,12,16H,5-6,11,13H2,1-2H3,(H,24,25,26). The molecule has 0 aromatic carbocycles. The van der Waals surface area contributed by atoms with Crippen LogP contribution in [0.4, 0.5) is 5.82 Å². The van der Waals surface area contributed by atoms with Gasteiger partial charge < -0.3 is 10.1 Å². The van der Waals surface area contributed by atoms with Gasteiger partial charge in [-0.2, -0.15) is 0 Å². The Morgan fingerprint density at radius 3 is 2.81 bits per heavy atom. The number of pyridine rings is 2. The van der Waals surface area contributed by atoms with Crippen molar-refractivity contribution in [3.8, 4) is 17.3 Å². The molecule has 138 valence electrons. The van der Waals surface area contributed by atoms with E-state index in [-0.39, 0.29) is 0 Å². The third-order valence-corrected chi connectivity index (χ3v) is 4.73. The lowest BCUT2D eigenvalue weighted by molar-refractivity contribution is 0.288. The van der Waals surface area contributed by atoms with Gasteiger partial charge >= 0.3 is 0 Å². The summed E-state index contributed by atoms with van der Waals surface area (Å²) >= 11 is 0. The third-order valence-electron chi connectivity index (χ3n) is 4.73. The molecule has 3 heterocycles. The van der Waals surface area contributed by atoms with Crippen molar-refractivity contribution < 1.29 is 4.74 Å². The maximum atomic E-state index is 5.77. The largest absolute Gasteiger partial charge is 0.477 e. The first-order valence-corrected chi connectivity index (χ1v) is 9.26. The van der Waals surface area contributed by atoms with Gasteiger partial charge in [0, 0.05) is 48.0 Å². The molecule has 3 aromatic heterocycles. The molecule has 27 heavy (non-hydrogen) atoms. The maximum Gasteiger partial charge on any atom is 0.213 e. The SMILES string of the molecule is Cc1nc(-c2cccnc2)nc(NCc2ccnc(OCC3CC3)c2)c1C. The van der Waals surface area contributed by atoms with Crippen LogP contribution < -0.4 is 10.1 Å². The van der Waals surface area contributed by atoms with E-state index in [2.05, 4.69) is 20.3 Å². The van der Waals surface area contributed by atoms with Crippen molar-refractivity contribution >= 4 is 5.82 Å². The molecule has 0 amide bonds. The Morgan fingerprint density at radius 1 is 1.15 bits per heavy atom. The molecule has 0 bridgehead atoms. The lowest BCUT2D eigenvalue weighted by Crippen LogP contribution is -2.08. The minimum Gasteiger partial charge on any atom is -0.477 e. The molecule has 6 nitrogen and oxygen atoms in total. The van der Waals surface area contributed by atoms with Gasteiger partial charge in [0.25, 0.3) is 0 Å². The van der Waals surface area contributed by atoms with E-state index in [1.165, 1.54) is 12.8 Å². The number of nitrogens with zero attached hydrogens (tertiary/aromatic N) is 4. The highest BCUT2D eigenvalue weighted by atomic mass is 16.5. The summed E-state index contributed by atoms with van der Waals surface area (Å²) in [6.07, 6.45) is 7.86. The summed E-state index contributed by atoms with van der Waals surface area (Å²) in [7, 11) is 0. The number of ether oxygens (including phenoxy) is 1. The molecule has 1 aliphatic carbocycles. The molecule has 1 saturated carbocycles. The molecule has 3 aromatic rings. The van der Waals surface area contributed by atoms with E-state index in [0.717, 1.165) is 34.8 Å². The van der Waals surface area contributed by atoms with E-state index in [9.17, 15) is 0 Å². The summed E-state index contributed by atoms with van der Waals surface area (Å²) in [5.74, 6) is 2.91. The first-order chi connectivity index (χ1) is 13.2. The van der Waals surface area contributed by atoms with E-state index in [1.54, 1.807) is 18.6 Å². The van der Waals surface area contributed by atoms with Gasteiger partial charge in [0.15, 0.2) is 5.82 Å². The van der Waals surface area contributed by atoms with Crippen LogP contribution in [0.2, 0.25) is 0 Å². The molecule has 0 saturated heterocycles. The predicted octanol–water partition coefficient (Wildman–Crippen LogP) is 3.95. The third kappa shape index (κ3) is 4.39. The number of rotatable bonds is 7.